The van der Waals surface area contributed by atoms with Crippen LogP contribution in [-0.2, 0) is 24.4 Å². The van der Waals surface area contributed by atoms with Crippen LogP contribution in [-0.4, -0.2) is 25.9 Å². The molecular weight excluding hydrogens is 542 g/mol. The second kappa shape index (κ2) is 13.2. The number of hydrogen-bond acceptors (Lipinski definition) is 3. The van der Waals surface area contributed by atoms with Crippen molar-refractivity contribution in [2.75, 3.05) is 6.61 Å². The normalized spacial score (nSPS) is 12.1. The second-order valence-electron chi connectivity index (χ2n) is 13.9. The predicted octanol–water partition coefficient (Wildman–Crippen LogP) is 8.46. The van der Waals surface area contributed by atoms with E-state index in [9.17, 15) is 0 Å². The molecule has 2 aromatic heterocycles. The van der Waals surface area contributed by atoms with Crippen molar-refractivity contribution in [2.24, 2.45) is 7.05 Å². The van der Waals surface area contributed by atoms with E-state index in [1.54, 1.807) is 0 Å². The molecular formula is C38H48N5O+. The number of unbranched alkanes of at least 4 members (excludes halogenated alkanes) is 3. The Morgan fingerprint density at radius 2 is 1.27 bits per heavy atom. The third kappa shape index (κ3) is 7.65. The first-order valence-corrected chi connectivity index (χ1v) is 15.9. The van der Waals surface area contributed by atoms with E-state index in [1.807, 2.05) is 6.07 Å². The van der Waals surface area contributed by atoms with Crippen molar-refractivity contribution in [3.8, 4) is 34.2 Å². The molecule has 0 aliphatic heterocycles. The summed E-state index contributed by atoms with van der Waals surface area (Å²) < 4.78 is 12.7. The number of aryl methyl sites for hydroxylation is 2. The van der Waals surface area contributed by atoms with Crippen molar-refractivity contribution in [3.05, 3.63) is 103 Å². The highest BCUT2D eigenvalue weighted by molar-refractivity contribution is 5.67. The van der Waals surface area contributed by atoms with E-state index in [2.05, 4.69) is 148 Å². The van der Waals surface area contributed by atoms with Crippen molar-refractivity contribution in [3.63, 3.8) is 0 Å². The van der Waals surface area contributed by atoms with Crippen LogP contribution >= 0.6 is 0 Å². The lowest BCUT2D eigenvalue weighted by Crippen LogP contribution is -2.23. The fourth-order valence-corrected chi connectivity index (χ4v) is 5.43. The first-order valence-electron chi connectivity index (χ1n) is 15.9. The zero-order valence-corrected chi connectivity index (χ0v) is 27.5. The van der Waals surface area contributed by atoms with Crippen LogP contribution < -0.4 is 9.30 Å². The van der Waals surface area contributed by atoms with Crippen molar-refractivity contribution < 1.29 is 9.30 Å². The van der Waals surface area contributed by atoms with E-state index in [-0.39, 0.29) is 10.8 Å². The van der Waals surface area contributed by atoms with Gasteiger partial charge in [-0.1, -0.05) is 96.1 Å². The summed E-state index contributed by atoms with van der Waals surface area (Å²) in [6, 6.07) is 25.7. The molecule has 6 heteroatoms. The zero-order chi connectivity index (χ0) is 31.3. The highest BCUT2D eigenvalue weighted by Crippen LogP contribution is 2.33. The van der Waals surface area contributed by atoms with Gasteiger partial charge in [0.05, 0.1) is 25.9 Å². The van der Waals surface area contributed by atoms with E-state index in [1.165, 1.54) is 24.0 Å². The number of aromatic nitrogens is 5. The highest BCUT2D eigenvalue weighted by atomic mass is 16.5. The molecule has 0 radical (unpaired) electrons. The Morgan fingerprint density at radius 1 is 0.705 bits per heavy atom. The quantitative estimate of drug-likeness (QED) is 0.115. The third-order valence-corrected chi connectivity index (χ3v) is 8.16. The molecule has 0 saturated heterocycles. The number of hydrogen-bond donors (Lipinski definition) is 0. The minimum Gasteiger partial charge on any atom is -0.494 e. The monoisotopic (exact) mass is 590 g/mol. The van der Waals surface area contributed by atoms with Crippen molar-refractivity contribution >= 4 is 0 Å². The fourth-order valence-electron chi connectivity index (χ4n) is 5.43. The summed E-state index contributed by atoms with van der Waals surface area (Å²) in [6.45, 7) is 15.2. The van der Waals surface area contributed by atoms with E-state index in [0.29, 0.717) is 6.61 Å². The molecule has 230 valence electrons. The van der Waals surface area contributed by atoms with Crippen LogP contribution in [0.2, 0.25) is 0 Å². The van der Waals surface area contributed by atoms with Gasteiger partial charge >= 0.3 is 0 Å². The third-order valence-electron chi connectivity index (χ3n) is 8.16. The van der Waals surface area contributed by atoms with Crippen molar-refractivity contribution in [1.82, 2.24) is 19.3 Å². The fraction of sp³-hybridized carbons (Fsp3) is 0.395. The number of nitrogens with zero attached hydrogens (tertiary/aromatic N) is 5. The molecule has 0 fully saturated rings. The molecule has 3 aromatic carbocycles. The van der Waals surface area contributed by atoms with Gasteiger partial charge in [0, 0.05) is 17.2 Å². The van der Waals surface area contributed by atoms with Crippen molar-refractivity contribution in [1.29, 1.82) is 0 Å². The minimum atomic E-state index is 0.0820. The van der Waals surface area contributed by atoms with E-state index in [0.717, 1.165) is 53.6 Å². The van der Waals surface area contributed by atoms with E-state index >= 15 is 0 Å². The van der Waals surface area contributed by atoms with Gasteiger partial charge < -0.3 is 4.74 Å². The van der Waals surface area contributed by atoms with Crippen LogP contribution in [0.3, 0.4) is 0 Å². The van der Waals surface area contributed by atoms with Crippen LogP contribution in [0.1, 0.15) is 78.4 Å². The lowest BCUT2D eigenvalue weighted by atomic mass is 9.86. The van der Waals surface area contributed by atoms with Crippen LogP contribution in [0.15, 0.2) is 91.5 Å². The highest BCUT2D eigenvalue weighted by Gasteiger charge is 2.20. The Morgan fingerprint density at radius 3 is 1.80 bits per heavy atom. The van der Waals surface area contributed by atoms with Gasteiger partial charge in [-0.15, -0.1) is 10.2 Å². The summed E-state index contributed by atoms with van der Waals surface area (Å²) in [6.07, 6.45) is 10.9. The van der Waals surface area contributed by atoms with Gasteiger partial charge in [0.1, 0.15) is 18.1 Å². The van der Waals surface area contributed by atoms with Gasteiger partial charge in [0.25, 0.3) is 0 Å². The average molecular weight is 591 g/mol. The van der Waals surface area contributed by atoms with Gasteiger partial charge in [-0.2, -0.15) is 0 Å². The number of rotatable bonds is 11. The molecule has 0 atom stereocenters. The van der Waals surface area contributed by atoms with E-state index in [4.69, 9.17) is 14.9 Å². The largest absolute Gasteiger partial charge is 0.494 e. The SMILES string of the molecule is C[n+]1ccn(CCCCCCOc2cccc(-n3c(-c4ccc(C(C)(C)C)cc4)nnc3-c3ccc(C(C)(C)C)cc3)c2)c1. The Bertz CT molecular complexity index is 1570. The summed E-state index contributed by atoms with van der Waals surface area (Å²) in [5.41, 5.74) is 5.79. The summed E-state index contributed by atoms with van der Waals surface area (Å²) in [5.74, 6) is 2.49. The smallest absolute Gasteiger partial charge is 0.243 e. The second-order valence-corrected chi connectivity index (χ2v) is 13.9. The molecule has 0 aliphatic carbocycles. The topological polar surface area (TPSA) is 48.8 Å². The van der Waals surface area contributed by atoms with Gasteiger partial charge in [0.2, 0.25) is 6.33 Å². The van der Waals surface area contributed by atoms with Crippen LogP contribution in [0.25, 0.3) is 28.5 Å². The van der Waals surface area contributed by atoms with E-state index < -0.39 is 0 Å². The molecule has 0 unspecified atom stereocenters. The number of ether oxygens (including phenoxy) is 1. The molecule has 0 N–H and O–H groups in total. The first kappa shape index (κ1) is 31.2. The summed E-state index contributed by atoms with van der Waals surface area (Å²) in [5, 5.41) is 9.46. The Hall–Kier alpha value is -4.19. The molecule has 0 spiro atoms. The van der Waals surface area contributed by atoms with Crippen LogP contribution in [0.4, 0.5) is 0 Å². The molecule has 5 aromatic rings. The summed E-state index contributed by atoms with van der Waals surface area (Å²) in [4.78, 5) is 0. The molecule has 0 aliphatic rings. The lowest BCUT2D eigenvalue weighted by Gasteiger charge is -2.20. The molecule has 2 heterocycles. The summed E-state index contributed by atoms with van der Waals surface area (Å²) >= 11 is 0. The minimum absolute atomic E-state index is 0.0820. The molecule has 6 nitrogen and oxygen atoms in total. The first-order chi connectivity index (χ1) is 21.0. The maximum Gasteiger partial charge on any atom is 0.243 e. The molecule has 0 saturated carbocycles. The van der Waals surface area contributed by atoms with Crippen molar-refractivity contribution in [2.45, 2.75) is 84.6 Å². The standard InChI is InChI=1S/C38H48N5O/c1-37(2,3)31-19-15-29(16-20-31)35-39-40-36(30-17-21-32(22-18-30)38(4,5)6)43(35)33-13-12-14-34(27-33)44-26-11-9-8-10-23-42-25-24-41(7)28-42/h12-22,24-25,27-28H,8-11,23,26H2,1-7H3/q+1. The van der Waals surface area contributed by atoms with Crippen LogP contribution in [0.5, 0.6) is 5.75 Å². The Kier molecular flexibility index (Phi) is 9.38. The Balaban J connectivity index is 1.35. The predicted molar refractivity (Wildman–Crippen MR) is 179 cm³/mol. The molecule has 0 amide bonds. The molecule has 44 heavy (non-hydrogen) atoms. The Labute approximate surface area is 263 Å². The van der Waals surface area contributed by atoms with Gasteiger partial charge in [0.15, 0.2) is 11.6 Å². The van der Waals surface area contributed by atoms with Crippen LogP contribution in [0, 0.1) is 0 Å². The number of imidazole rings is 1. The maximum atomic E-state index is 6.25. The number of benzene rings is 3. The molecule has 0 bridgehead atoms. The average Bonchev–Trinajstić information content (AvgIpc) is 3.62. The van der Waals surface area contributed by atoms with Gasteiger partial charge in [-0.3, -0.25) is 4.57 Å². The zero-order valence-electron chi connectivity index (χ0n) is 27.5. The maximum absolute atomic E-state index is 6.25. The van der Waals surface area contributed by atoms with Gasteiger partial charge in [-0.05, 0) is 59.8 Å². The summed E-state index contributed by atoms with van der Waals surface area (Å²) in [7, 11) is 2.06. The lowest BCUT2D eigenvalue weighted by molar-refractivity contribution is -0.671. The van der Waals surface area contributed by atoms with Gasteiger partial charge in [-0.25, -0.2) is 9.13 Å². The molecule has 5 rings (SSSR count).